The van der Waals surface area contributed by atoms with E-state index in [-0.39, 0.29) is 17.5 Å². The summed E-state index contributed by atoms with van der Waals surface area (Å²) in [6, 6.07) is 0. The zero-order chi connectivity index (χ0) is 15.0. The molecule has 0 saturated heterocycles. The lowest BCUT2D eigenvalue weighted by Gasteiger charge is -2.21. The number of carbonyl (C=O) groups excluding carboxylic acids is 3. The van der Waals surface area contributed by atoms with Gasteiger partial charge in [0.05, 0.1) is 22.8 Å². The third-order valence-corrected chi connectivity index (χ3v) is 4.57. The Morgan fingerprint density at radius 1 is 1.48 bits per heavy atom. The van der Waals surface area contributed by atoms with Crippen LogP contribution in [0.1, 0.15) is 35.1 Å². The second-order valence-corrected chi connectivity index (χ2v) is 6.07. The van der Waals surface area contributed by atoms with Gasteiger partial charge >= 0.3 is 0 Å². The Morgan fingerprint density at radius 2 is 2.29 bits per heavy atom. The fraction of sp³-hybridized carbons (Fsp3) is 0.429. The van der Waals surface area contributed by atoms with Gasteiger partial charge in [-0.15, -0.1) is 0 Å². The van der Waals surface area contributed by atoms with Crippen molar-refractivity contribution >= 4 is 33.9 Å². The van der Waals surface area contributed by atoms with E-state index in [4.69, 9.17) is 4.74 Å². The van der Waals surface area contributed by atoms with Gasteiger partial charge in [-0.25, -0.2) is 4.98 Å². The molecular formula is C14H14N2O4S. The lowest BCUT2D eigenvalue weighted by Crippen LogP contribution is -2.35. The molecule has 2 heterocycles. The number of ether oxygens (including phenoxy) is 1. The van der Waals surface area contributed by atoms with E-state index in [2.05, 4.69) is 10.3 Å². The van der Waals surface area contributed by atoms with Gasteiger partial charge in [0.1, 0.15) is 0 Å². The van der Waals surface area contributed by atoms with Crippen LogP contribution in [0.25, 0.3) is 0 Å². The van der Waals surface area contributed by atoms with E-state index in [0.29, 0.717) is 35.0 Å². The minimum atomic E-state index is -0.659. The lowest BCUT2D eigenvalue weighted by atomic mass is 9.84. The number of hydrogen-bond donors (Lipinski definition) is 1. The van der Waals surface area contributed by atoms with Gasteiger partial charge in [-0.1, -0.05) is 11.3 Å². The molecule has 0 radical (unpaired) electrons. The summed E-state index contributed by atoms with van der Waals surface area (Å²) < 4.78 is 5.21. The van der Waals surface area contributed by atoms with Crippen LogP contribution in [0.5, 0.6) is 0 Å². The lowest BCUT2D eigenvalue weighted by molar-refractivity contribution is -0.129. The normalized spacial score (nSPS) is 23.6. The molecule has 0 bridgehead atoms. The van der Waals surface area contributed by atoms with Gasteiger partial charge in [-0.2, -0.15) is 0 Å². The minimum Gasteiger partial charge on any atom is -0.490 e. The molecule has 1 amide bonds. The van der Waals surface area contributed by atoms with Gasteiger partial charge in [0, 0.05) is 13.3 Å². The van der Waals surface area contributed by atoms with E-state index in [1.807, 2.05) is 0 Å². The van der Waals surface area contributed by atoms with Crippen LogP contribution in [0.15, 0.2) is 12.3 Å². The summed E-state index contributed by atoms with van der Waals surface area (Å²) in [6.45, 7) is 1.39. The van der Waals surface area contributed by atoms with Crippen molar-refractivity contribution in [1.82, 2.24) is 4.98 Å². The minimum absolute atomic E-state index is 0.162. The summed E-state index contributed by atoms with van der Waals surface area (Å²) in [5, 5.41) is 2.99. The summed E-state index contributed by atoms with van der Waals surface area (Å²) in [6.07, 6.45) is 4.28. The summed E-state index contributed by atoms with van der Waals surface area (Å²) in [7, 11) is 0. The molecule has 110 valence electrons. The number of aryl methyl sites for hydroxylation is 1. The molecule has 7 heteroatoms. The molecule has 0 saturated carbocycles. The molecule has 3 rings (SSSR count). The molecule has 1 aromatic rings. The van der Waals surface area contributed by atoms with Crippen molar-refractivity contribution in [1.29, 1.82) is 0 Å². The van der Waals surface area contributed by atoms with Gasteiger partial charge < -0.3 is 10.1 Å². The first kappa shape index (κ1) is 13.9. The van der Waals surface area contributed by atoms with Gasteiger partial charge in [0.15, 0.2) is 22.8 Å². The van der Waals surface area contributed by atoms with Gasteiger partial charge in [0.2, 0.25) is 5.91 Å². The third kappa shape index (κ3) is 2.61. The number of rotatable bonds is 3. The number of ketones is 2. The Balaban J connectivity index is 1.80. The van der Waals surface area contributed by atoms with Crippen molar-refractivity contribution in [3.8, 4) is 0 Å². The van der Waals surface area contributed by atoms with Crippen molar-refractivity contribution < 1.29 is 19.1 Å². The summed E-state index contributed by atoms with van der Waals surface area (Å²) in [5.41, 5.74) is 0.670. The van der Waals surface area contributed by atoms with E-state index in [1.54, 1.807) is 6.08 Å². The number of anilines is 1. The van der Waals surface area contributed by atoms with E-state index >= 15 is 0 Å². The number of Topliss-reactive ketones (excluding diaryl/α,β-unsaturated/α-hetero) is 2. The van der Waals surface area contributed by atoms with Gasteiger partial charge in [-0.3, -0.25) is 14.4 Å². The summed E-state index contributed by atoms with van der Waals surface area (Å²) >= 11 is 1.13. The molecule has 1 aliphatic carbocycles. The molecule has 0 fully saturated rings. The van der Waals surface area contributed by atoms with Crippen molar-refractivity contribution in [2.45, 2.75) is 32.3 Å². The van der Waals surface area contributed by atoms with Crippen molar-refractivity contribution in [3.05, 3.63) is 22.9 Å². The van der Waals surface area contributed by atoms with Crippen LogP contribution in [0.3, 0.4) is 0 Å². The number of fused-ring (bicyclic) bond motifs is 1. The SMILES string of the molecule is CC(=O)Nc1nc2c(s1)C(=O)C(C(=O)C1CC=CO1)CC2. The van der Waals surface area contributed by atoms with Crippen LogP contribution >= 0.6 is 11.3 Å². The van der Waals surface area contributed by atoms with Crippen LogP contribution in [0, 0.1) is 5.92 Å². The Hall–Kier alpha value is -2.02. The number of carbonyl (C=O) groups is 3. The van der Waals surface area contributed by atoms with Crippen LogP contribution in [0.4, 0.5) is 5.13 Å². The van der Waals surface area contributed by atoms with Crippen LogP contribution in [-0.4, -0.2) is 28.6 Å². The molecule has 0 aromatic carbocycles. The molecule has 1 aromatic heterocycles. The highest BCUT2D eigenvalue weighted by atomic mass is 32.1. The van der Waals surface area contributed by atoms with Crippen LogP contribution < -0.4 is 5.32 Å². The number of hydrogen-bond acceptors (Lipinski definition) is 6. The molecular weight excluding hydrogens is 292 g/mol. The first-order valence-corrected chi connectivity index (χ1v) is 7.53. The molecule has 2 atom stereocenters. The monoisotopic (exact) mass is 306 g/mol. The molecule has 6 nitrogen and oxygen atoms in total. The topological polar surface area (TPSA) is 85.4 Å². The highest BCUT2D eigenvalue weighted by Crippen LogP contribution is 2.34. The zero-order valence-corrected chi connectivity index (χ0v) is 12.2. The quantitative estimate of drug-likeness (QED) is 0.859. The number of aromatic nitrogens is 1. The zero-order valence-electron chi connectivity index (χ0n) is 11.4. The number of thiazole rings is 1. The predicted octanol–water partition coefficient (Wildman–Crippen LogP) is 1.72. The smallest absolute Gasteiger partial charge is 0.223 e. The number of amides is 1. The molecule has 1 aliphatic heterocycles. The molecule has 1 N–H and O–H groups in total. The van der Waals surface area contributed by atoms with E-state index in [9.17, 15) is 14.4 Å². The number of nitrogens with zero attached hydrogens (tertiary/aromatic N) is 1. The number of nitrogens with one attached hydrogen (secondary N) is 1. The average Bonchev–Trinajstić information content (AvgIpc) is 3.06. The van der Waals surface area contributed by atoms with Gasteiger partial charge in [0.25, 0.3) is 0 Å². The van der Waals surface area contributed by atoms with E-state index < -0.39 is 12.0 Å². The molecule has 0 spiro atoms. The van der Waals surface area contributed by atoms with Crippen molar-refractivity contribution in [2.24, 2.45) is 5.92 Å². The fourth-order valence-electron chi connectivity index (χ4n) is 2.55. The Morgan fingerprint density at radius 3 is 2.95 bits per heavy atom. The maximum atomic E-state index is 12.5. The average molecular weight is 306 g/mol. The van der Waals surface area contributed by atoms with Crippen LogP contribution in [-0.2, 0) is 20.7 Å². The second kappa shape index (κ2) is 5.40. The maximum Gasteiger partial charge on any atom is 0.223 e. The molecule has 2 unspecified atom stereocenters. The Bertz CT molecular complexity index is 641. The maximum absolute atomic E-state index is 12.5. The Labute approximate surface area is 125 Å². The van der Waals surface area contributed by atoms with Crippen molar-refractivity contribution in [3.63, 3.8) is 0 Å². The largest absolute Gasteiger partial charge is 0.490 e. The van der Waals surface area contributed by atoms with Crippen LogP contribution in [0.2, 0.25) is 0 Å². The highest BCUT2D eigenvalue weighted by Gasteiger charge is 2.39. The first-order chi connectivity index (χ1) is 10.1. The second-order valence-electron chi connectivity index (χ2n) is 5.07. The first-order valence-electron chi connectivity index (χ1n) is 6.72. The van der Waals surface area contributed by atoms with Crippen molar-refractivity contribution in [2.75, 3.05) is 5.32 Å². The Kier molecular flexibility index (Phi) is 3.59. The standard InChI is InChI=1S/C14H14N2O4S/c1-7(17)15-14-16-9-5-4-8(12(19)13(9)21-14)11(18)10-3-2-6-20-10/h2,6,8,10H,3-5H2,1H3,(H,15,16,17). The predicted molar refractivity (Wildman–Crippen MR) is 76.2 cm³/mol. The third-order valence-electron chi connectivity index (χ3n) is 3.54. The van der Waals surface area contributed by atoms with E-state index in [1.165, 1.54) is 13.2 Å². The molecule has 21 heavy (non-hydrogen) atoms. The van der Waals surface area contributed by atoms with E-state index in [0.717, 1.165) is 11.3 Å². The van der Waals surface area contributed by atoms with Gasteiger partial charge in [-0.05, 0) is 18.9 Å². The highest BCUT2D eigenvalue weighted by molar-refractivity contribution is 7.17. The fourth-order valence-corrected chi connectivity index (χ4v) is 3.60. The molecule has 2 aliphatic rings. The summed E-state index contributed by atoms with van der Waals surface area (Å²) in [5.74, 6) is -1.25. The summed E-state index contributed by atoms with van der Waals surface area (Å²) in [4.78, 5) is 40.6.